The number of rotatable bonds is 9. The Morgan fingerprint density at radius 1 is 1.16 bits per heavy atom. The van der Waals surface area contributed by atoms with Gasteiger partial charge in [0.1, 0.15) is 0 Å². The minimum Gasteiger partial charge on any atom is -0.309 e. The largest absolute Gasteiger partial charge is 0.309 e. The molecule has 2 unspecified atom stereocenters. The van der Waals surface area contributed by atoms with E-state index in [1.807, 2.05) is 0 Å². The Hall–Kier alpha value is -0.860. The lowest BCUT2D eigenvalue weighted by molar-refractivity contribution is 0.247. The Morgan fingerprint density at radius 3 is 2.42 bits per heavy atom. The van der Waals surface area contributed by atoms with E-state index in [1.54, 1.807) is 0 Å². The molecule has 0 amide bonds. The van der Waals surface area contributed by atoms with Crippen molar-refractivity contribution < 1.29 is 0 Å². The zero-order valence-electron chi connectivity index (χ0n) is 13.0. The van der Waals surface area contributed by atoms with Crippen molar-refractivity contribution in [1.82, 2.24) is 10.2 Å². The maximum absolute atomic E-state index is 3.71. The van der Waals surface area contributed by atoms with Crippen LogP contribution in [0.25, 0.3) is 0 Å². The van der Waals surface area contributed by atoms with Gasteiger partial charge >= 0.3 is 0 Å². The molecule has 0 saturated carbocycles. The van der Waals surface area contributed by atoms with Crippen LogP contribution in [-0.2, 0) is 0 Å². The summed E-state index contributed by atoms with van der Waals surface area (Å²) in [5.41, 5.74) is 1.41. The van der Waals surface area contributed by atoms with Crippen molar-refractivity contribution >= 4 is 0 Å². The summed E-state index contributed by atoms with van der Waals surface area (Å²) in [6, 6.07) is 12.0. The fourth-order valence-electron chi connectivity index (χ4n) is 2.31. The van der Waals surface area contributed by atoms with E-state index in [0.717, 1.165) is 13.1 Å². The van der Waals surface area contributed by atoms with Crippen LogP contribution in [0.5, 0.6) is 0 Å². The third kappa shape index (κ3) is 5.75. The second-order valence-electron chi connectivity index (χ2n) is 5.44. The third-order valence-corrected chi connectivity index (χ3v) is 3.98. The van der Waals surface area contributed by atoms with E-state index in [4.69, 9.17) is 0 Å². The highest BCUT2D eigenvalue weighted by Crippen LogP contribution is 2.17. The second kappa shape index (κ2) is 9.11. The van der Waals surface area contributed by atoms with E-state index in [2.05, 4.69) is 68.4 Å². The van der Waals surface area contributed by atoms with E-state index in [0.29, 0.717) is 12.1 Å². The molecular formula is C17H30N2. The van der Waals surface area contributed by atoms with E-state index in [1.165, 1.54) is 24.8 Å². The first-order chi connectivity index (χ1) is 9.19. The van der Waals surface area contributed by atoms with Crippen molar-refractivity contribution in [3.63, 3.8) is 0 Å². The zero-order chi connectivity index (χ0) is 14.1. The molecule has 0 bridgehead atoms. The smallest absolute Gasteiger partial charge is 0.0320 e. The molecule has 0 spiro atoms. The molecule has 108 valence electrons. The Balaban J connectivity index is 2.43. The normalized spacial score (nSPS) is 14.6. The van der Waals surface area contributed by atoms with Crippen LogP contribution in [0.2, 0.25) is 0 Å². The molecule has 2 atom stereocenters. The summed E-state index contributed by atoms with van der Waals surface area (Å²) >= 11 is 0. The van der Waals surface area contributed by atoms with Crippen LogP contribution in [0.3, 0.4) is 0 Å². The van der Waals surface area contributed by atoms with Gasteiger partial charge in [0.25, 0.3) is 0 Å². The van der Waals surface area contributed by atoms with Gasteiger partial charge in [-0.15, -0.1) is 0 Å². The summed E-state index contributed by atoms with van der Waals surface area (Å²) in [6.07, 6.45) is 3.64. The van der Waals surface area contributed by atoms with E-state index < -0.39 is 0 Å². The monoisotopic (exact) mass is 262 g/mol. The van der Waals surface area contributed by atoms with Crippen LogP contribution in [0.4, 0.5) is 0 Å². The van der Waals surface area contributed by atoms with Gasteiger partial charge in [0.05, 0.1) is 0 Å². The summed E-state index contributed by atoms with van der Waals surface area (Å²) in [4.78, 5) is 2.43. The predicted molar refractivity (Wildman–Crippen MR) is 84.5 cm³/mol. The lowest BCUT2D eigenvalue weighted by atomic mass is 10.0. The Bertz CT molecular complexity index is 323. The van der Waals surface area contributed by atoms with Crippen LogP contribution in [0.1, 0.15) is 51.6 Å². The number of benzene rings is 1. The van der Waals surface area contributed by atoms with Gasteiger partial charge in [-0.2, -0.15) is 0 Å². The summed E-state index contributed by atoms with van der Waals surface area (Å²) in [5.74, 6) is 0. The van der Waals surface area contributed by atoms with Crippen molar-refractivity contribution in [2.24, 2.45) is 0 Å². The number of nitrogens with one attached hydrogen (secondary N) is 1. The summed E-state index contributed by atoms with van der Waals surface area (Å²) in [7, 11) is 2.22. The molecule has 0 aliphatic carbocycles. The molecule has 0 aromatic heterocycles. The van der Waals surface area contributed by atoms with Crippen molar-refractivity contribution in [2.45, 2.75) is 52.1 Å². The standard InChI is InChI=1S/C17H30N2/c1-5-10-17(16-11-8-7-9-12-16)18-13-14-19(4)15(3)6-2/h7-9,11-12,15,17-18H,5-6,10,13-14H2,1-4H3. The number of hydrogen-bond donors (Lipinski definition) is 1. The van der Waals surface area contributed by atoms with Gasteiger partial charge in [0, 0.05) is 25.2 Å². The molecule has 1 rings (SSSR count). The molecular weight excluding hydrogens is 232 g/mol. The van der Waals surface area contributed by atoms with Crippen LogP contribution < -0.4 is 5.32 Å². The number of likely N-dealkylation sites (N-methyl/N-ethyl adjacent to an activating group) is 1. The summed E-state index contributed by atoms with van der Waals surface area (Å²) in [6.45, 7) is 8.96. The van der Waals surface area contributed by atoms with Crippen molar-refractivity contribution in [3.05, 3.63) is 35.9 Å². The fourth-order valence-corrected chi connectivity index (χ4v) is 2.31. The lowest BCUT2D eigenvalue weighted by Gasteiger charge is -2.25. The minimum absolute atomic E-state index is 0.497. The van der Waals surface area contributed by atoms with E-state index in [-0.39, 0.29) is 0 Å². The highest BCUT2D eigenvalue weighted by Gasteiger charge is 2.11. The quantitative estimate of drug-likeness (QED) is 0.727. The van der Waals surface area contributed by atoms with E-state index >= 15 is 0 Å². The molecule has 0 fully saturated rings. The maximum atomic E-state index is 3.71. The molecule has 2 heteroatoms. The highest BCUT2D eigenvalue weighted by atomic mass is 15.1. The van der Waals surface area contributed by atoms with Gasteiger partial charge in [-0.1, -0.05) is 50.6 Å². The van der Waals surface area contributed by atoms with Crippen molar-refractivity contribution in [2.75, 3.05) is 20.1 Å². The molecule has 0 heterocycles. The molecule has 1 N–H and O–H groups in total. The van der Waals surface area contributed by atoms with Crippen molar-refractivity contribution in [1.29, 1.82) is 0 Å². The molecule has 0 radical (unpaired) electrons. The van der Waals surface area contributed by atoms with Crippen LogP contribution in [0, 0.1) is 0 Å². The van der Waals surface area contributed by atoms with Crippen LogP contribution in [-0.4, -0.2) is 31.1 Å². The average molecular weight is 262 g/mol. The zero-order valence-corrected chi connectivity index (χ0v) is 13.0. The van der Waals surface area contributed by atoms with E-state index in [9.17, 15) is 0 Å². The van der Waals surface area contributed by atoms with Gasteiger partial charge in [-0.3, -0.25) is 0 Å². The molecule has 1 aromatic carbocycles. The topological polar surface area (TPSA) is 15.3 Å². The number of nitrogens with zero attached hydrogens (tertiary/aromatic N) is 1. The highest BCUT2D eigenvalue weighted by molar-refractivity contribution is 5.18. The first kappa shape index (κ1) is 16.2. The fraction of sp³-hybridized carbons (Fsp3) is 0.647. The Morgan fingerprint density at radius 2 is 1.84 bits per heavy atom. The minimum atomic E-state index is 0.497. The van der Waals surface area contributed by atoms with Crippen molar-refractivity contribution in [3.8, 4) is 0 Å². The Labute approximate surface area is 119 Å². The summed E-state index contributed by atoms with van der Waals surface area (Å²) < 4.78 is 0. The number of hydrogen-bond acceptors (Lipinski definition) is 2. The average Bonchev–Trinajstić information content (AvgIpc) is 2.46. The van der Waals surface area contributed by atoms with Gasteiger partial charge in [-0.05, 0) is 32.4 Å². The molecule has 0 aliphatic rings. The SMILES string of the molecule is CCCC(NCCN(C)C(C)CC)c1ccccc1. The maximum Gasteiger partial charge on any atom is 0.0320 e. The molecule has 2 nitrogen and oxygen atoms in total. The lowest BCUT2D eigenvalue weighted by Crippen LogP contribution is -2.36. The van der Waals surface area contributed by atoms with Gasteiger partial charge in [0.15, 0.2) is 0 Å². The molecule has 19 heavy (non-hydrogen) atoms. The third-order valence-electron chi connectivity index (χ3n) is 3.98. The van der Waals surface area contributed by atoms with Crippen LogP contribution in [0.15, 0.2) is 30.3 Å². The van der Waals surface area contributed by atoms with Gasteiger partial charge in [0.2, 0.25) is 0 Å². The van der Waals surface area contributed by atoms with Gasteiger partial charge in [-0.25, -0.2) is 0 Å². The first-order valence-electron chi connectivity index (χ1n) is 7.67. The van der Waals surface area contributed by atoms with Gasteiger partial charge < -0.3 is 10.2 Å². The second-order valence-corrected chi connectivity index (χ2v) is 5.44. The molecule has 0 saturated heterocycles. The molecule has 0 aliphatic heterocycles. The predicted octanol–water partition coefficient (Wildman–Crippen LogP) is 3.85. The molecule has 1 aromatic rings. The summed E-state index contributed by atoms with van der Waals surface area (Å²) in [5, 5.41) is 3.71. The first-order valence-corrected chi connectivity index (χ1v) is 7.67. The Kier molecular flexibility index (Phi) is 7.76. The van der Waals surface area contributed by atoms with Crippen LogP contribution >= 0.6 is 0 Å².